The molecule has 2 N–H and O–H groups in total. The highest BCUT2D eigenvalue weighted by atomic mass is 35.5. The Morgan fingerprint density at radius 2 is 2.00 bits per heavy atom. The SMILES string of the molecule is Cc1cc(C(=O)c2cccc(N)c2)c(Cl)cc1F. The summed E-state index contributed by atoms with van der Waals surface area (Å²) in [7, 11) is 0. The van der Waals surface area contributed by atoms with Gasteiger partial charge in [0.05, 0.1) is 5.02 Å². The summed E-state index contributed by atoms with van der Waals surface area (Å²) in [6.07, 6.45) is 0. The first-order chi connectivity index (χ1) is 8.49. The third-order valence-electron chi connectivity index (χ3n) is 2.64. The minimum atomic E-state index is -0.427. The molecule has 0 spiro atoms. The maximum absolute atomic E-state index is 13.3. The average Bonchev–Trinajstić information content (AvgIpc) is 2.33. The van der Waals surface area contributed by atoms with E-state index in [1.165, 1.54) is 6.07 Å². The van der Waals surface area contributed by atoms with Crippen LogP contribution >= 0.6 is 11.6 Å². The summed E-state index contributed by atoms with van der Waals surface area (Å²) in [5.74, 6) is -0.695. The number of carbonyl (C=O) groups excluding carboxylic acids is 1. The van der Waals surface area contributed by atoms with E-state index in [1.807, 2.05) is 0 Å². The molecule has 2 nitrogen and oxygen atoms in total. The zero-order valence-electron chi connectivity index (χ0n) is 9.71. The van der Waals surface area contributed by atoms with E-state index in [9.17, 15) is 9.18 Å². The Labute approximate surface area is 109 Å². The predicted octanol–water partition coefficient (Wildman–Crippen LogP) is 3.60. The van der Waals surface area contributed by atoms with Gasteiger partial charge >= 0.3 is 0 Å². The van der Waals surface area contributed by atoms with Gasteiger partial charge in [-0.15, -0.1) is 0 Å². The third kappa shape index (κ3) is 2.36. The lowest BCUT2D eigenvalue weighted by molar-refractivity contribution is 0.103. The van der Waals surface area contributed by atoms with E-state index < -0.39 is 5.82 Å². The third-order valence-corrected chi connectivity index (χ3v) is 2.95. The van der Waals surface area contributed by atoms with Gasteiger partial charge in [-0.3, -0.25) is 4.79 Å². The van der Waals surface area contributed by atoms with Gasteiger partial charge in [0.2, 0.25) is 0 Å². The number of carbonyl (C=O) groups is 1. The van der Waals surface area contributed by atoms with Gasteiger partial charge < -0.3 is 5.73 Å². The number of nitrogens with two attached hydrogens (primary N) is 1. The van der Waals surface area contributed by atoms with Crippen LogP contribution in [0.15, 0.2) is 36.4 Å². The lowest BCUT2D eigenvalue weighted by atomic mass is 10.0. The summed E-state index contributed by atoms with van der Waals surface area (Å²) < 4.78 is 13.3. The van der Waals surface area contributed by atoms with Crippen molar-refractivity contribution in [2.75, 3.05) is 5.73 Å². The van der Waals surface area contributed by atoms with Crippen molar-refractivity contribution < 1.29 is 9.18 Å². The van der Waals surface area contributed by atoms with Crippen LogP contribution in [0.25, 0.3) is 0 Å². The van der Waals surface area contributed by atoms with Crippen LogP contribution in [0.5, 0.6) is 0 Å². The lowest BCUT2D eigenvalue weighted by Crippen LogP contribution is -2.04. The average molecular weight is 264 g/mol. The minimum absolute atomic E-state index is 0.102. The Morgan fingerprint density at radius 1 is 1.28 bits per heavy atom. The highest BCUT2D eigenvalue weighted by Gasteiger charge is 2.15. The molecule has 4 heteroatoms. The lowest BCUT2D eigenvalue weighted by Gasteiger charge is -2.06. The second-order valence-electron chi connectivity index (χ2n) is 4.04. The van der Waals surface area contributed by atoms with Crippen LogP contribution in [0.4, 0.5) is 10.1 Å². The molecule has 0 fully saturated rings. The molecule has 0 saturated carbocycles. The highest BCUT2D eigenvalue weighted by Crippen LogP contribution is 2.23. The minimum Gasteiger partial charge on any atom is -0.399 e. The summed E-state index contributed by atoms with van der Waals surface area (Å²) >= 11 is 5.89. The van der Waals surface area contributed by atoms with Crippen molar-refractivity contribution in [1.82, 2.24) is 0 Å². The summed E-state index contributed by atoms with van der Waals surface area (Å²) in [6.45, 7) is 1.59. The molecule has 0 aliphatic carbocycles. The van der Waals surface area contributed by atoms with E-state index in [2.05, 4.69) is 0 Å². The molecule has 0 amide bonds. The van der Waals surface area contributed by atoms with Gasteiger partial charge in [0.1, 0.15) is 5.82 Å². The molecule has 2 aromatic carbocycles. The number of hydrogen-bond donors (Lipinski definition) is 1. The monoisotopic (exact) mass is 263 g/mol. The van der Waals surface area contributed by atoms with Crippen molar-refractivity contribution in [3.05, 3.63) is 63.9 Å². The molecule has 0 radical (unpaired) electrons. The Bertz CT molecular complexity index is 625. The number of aryl methyl sites for hydroxylation is 1. The van der Waals surface area contributed by atoms with Gasteiger partial charge in [0.25, 0.3) is 0 Å². The zero-order valence-corrected chi connectivity index (χ0v) is 10.5. The molecule has 2 rings (SSSR count). The first kappa shape index (κ1) is 12.6. The first-order valence-corrected chi connectivity index (χ1v) is 5.72. The van der Waals surface area contributed by atoms with Crippen LogP contribution in [-0.2, 0) is 0 Å². The van der Waals surface area contributed by atoms with E-state index >= 15 is 0 Å². The van der Waals surface area contributed by atoms with Crippen molar-refractivity contribution in [3.8, 4) is 0 Å². The molecule has 0 aliphatic rings. The molecule has 2 aromatic rings. The maximum atomic E-state index is 13.3. The molecule has 0 bridgehead atoms. The van der Waals surface area contributed by atoms with E-state index in [0.29, 0.717) is 16.8 Å². The highest BCUT2D eigenvalue weighted by molar-refractivity contribution is 6.35. The fourth-order valence-corrected chi connectivity index (χ4v) is 1.90. The van der Waals surface area contributed by atoms with Gasteiger partial charge in [0, 0.05) is 16.8 Å². The van der Waals surface area contributed by atoms with E-state index in [4.69, 9.17) is 17.3 Å². The van der Waals surface area contributed by atoms with Gasteiger partial charge in [-0.05, 0) is 36.8 Å². The van der Waals surface area contributed by atoms with Gasteiger partial charge in [-0.25, -0.2) is 4.39 Å². The number of anilines is 1. The molecule has 18 heavy (non-hydrogen) atoms. The number of rotatable bonds is 2. The Morgan fingerprint density at radius 3 is 2.67 bits per heavy atom. The molecule has 0 unspecified atom stereocenters. The normalized spacial score (nSPS) is 10.4. The van der Waals surface area contributed by atoms with Crippen LogP contribution in [0.3, 0.4) is 0 Å². The number of nitrogen functional groups attached to an aromatic ring is 1. The standard InChI is InChI=1S/C14H11ClFNO/c1-8-5-11(12(15)7-13(8)16)14(18)9-3-2-4-10(17)6-9/h2-7H,17H2,1H3. The number of benzene rings is 2. The summed E-state index contributed by atoms with van der Waals surface area (Å²) in [6, 6.07) is 9.19. The van der Waals surface area contributed by atoms with Crippen LogP contribution in [0.2, 0.25) is 5.02 Å². The molecular weight excluding hydrogens is 253 g/mol. The maximum Gasteiger partial charge on any atom is 0.194 e. The predicted molar refractivity (Wildman–Crippen MR) is 70.4 cm³/mol. The summed E-state index contributed by atoms with van der Waals surface area (Å²) in [4.78, 5) is 12.2. The largest absolute Gasteiger partial charge is 0.399 e. The summed E-state index contributed by atoms with van der Waals surface area (Å²) in [5.41, 5.74) is 7.21. The van der Waals surface area contributed by atoms with Crippen LogP contribution < -0.4 is 5.73 Å². The van der Waals surface area contributed by atoms with Gasteiger partial charge in [-0.2, -0.15) is 0 Å². The fourth-order valence-electron chi connectivity index (χ4n) is 1.67. The number of ketones is 1. The van der Waals surface area contributed by atoms with Crippen LogP contribution in [-0.4, -0.2) is 5.78 Å². The molecule has 0 aliphatic heterocycles. The molecular formula is C14H11ClFNO. The molecule has 0 atom stereocenters. The van der Waals surface area contributed by atoms with Crippen molar-refractivity contribution in [1.29, 1.82) is 0 Å². The number of halogens is 2. The van der Waals surface area contributed by atoms with Gasteiger partial charge in [0.15, 0.2) is 5.78 Å². The summed E-state index contributed by atoms with van der Waals surface area (Å²) in [5, 5.41) is 0.102. The van der Waals surface area contributed by atoms with Crippen LogP contribution in [0.1, 0.15) is 21.5 Å². The number of hydrogen-bond acceptors (Lipinski definition) is 2. The second-order valence-corrected chi connectivity index (χ2v) is 4.44. The Kier molecular flexibility index (Phi) is 3.34. The van der Waals surface area contributed by atoms with Crippen molar-refractivity contribution in [3.63, 3.8) is 0 Å². The fraction of sp³-hybridized carbons (Fsp3) is 0.0714. The van der Waals surface area contributed by atoms with E-state index in [1.54, 1.807) is 31.2 Å². The van der Waals surface area contributed by atoms with E-state index in [0.717, 1.165) is 6.07 Å². The molecule has 92 valence electrons. The van der Waals surface area contributed by atoms with E-state index in [-0.39, 0.29) is 16.4 Å². The van der Waals surface area contributed by atoms with Gasteiger partial charge in [-0.1, -0.05) is 23.7 Å². The first-order valence-electron chi connectivity index (χ1n) is 5.35. The molecule has 0 heterocycles. The van der Waals surface area contributed by atoms with Crippen molar-refractivity contribution >= 4 is 23.1 Å². The zero-order chi connectivity index (χ0) is 13.3. The Hall–Kier alpha value is -1.87. The smallest absolute Gasteiger partial charge is 0.194 e. The quantitative estimate of drug-likeness (QED) is 0.664. The van der Waals surface area contributed by atoms with Crippen molar-refractivity contribution in [2.24, 2.45) is 0 Å². The van der Waals surface area contributed by atoms with Crippen molar-refractivity contribution in [2.45, 2.75) is 6.92 Å². The van der Waals surface area contributed by atoms with Crippen LogP contribution in [0, 0.1) is 12.7 Å². The second kappa shape index (κ2) is 4.78. The molecule has 0 aromatic heterocycles. The topological polar surface area (TPSA) is 43.1 Å². The molecule has 0 saturated heterocycles. The Balaban J connectivity index is 2.49.